The first-order valence-corrected chi connectivity index (χ1v) is 8.52. The molecule has 0 aliphatic carbocycles. The standard InChI is InChI=1S/C12H20ClN3O2S/c1-4-14-9-11-10(13)5-6-12(15-11)16(2)7-8-19(3,17)18/h5-6,14H,4,7-9H2,1-3H3. The summed E-state index contributed by atoms with van der Waals surface area (Å²) in [6.07, 6.45) is 1.23. The van der Waals surface area contributed by atoms with Gasteiger partial charge in [0.15, 0.2) is 0 Å². The molecule has 0 radical (unpaired) electrons. The van der Waals surface area contributed by atoms with Gasteiger partial charge in [0.05, 0.1) is 16.5 Å². The maximum absolute atomic E-state index is 11.2. The van der Waals surface area contributed by atoms with Crippen molar-refractivity contribution in [3.8, 4) is 0 Å². The predicted molar refractivity (Wildman–Crippen MR) is 79.6 cm³/mol. The molecule has 0 bridgehead atoms. The highest BCUT2D eigenvalue weighted by atomic mass is 35.5. The molecule has 1 rings (SSSR count). The Labute approximate surface area is 119 Å². The molecule has 5 nitrogen and oxygen atoms in total. The monoisotopic (exact) mass is 305 g/mol. The van der Waals surface area contributed by atoms with Crippen molar-refractivity contribution in [2.75, 3.05) is 37.0 Å². The van der Waals surface area contributed by atoms with Crippen molar-refractivity contribution in [1.82, 2.24) is 10.3 Å². The second-order valence-electron chi connectivity index (χ2n) is 4.43. The highest BCUT2D eigenvalue weighted by molar-refractivity contribution is 7.90. The maximum Gasteiger partial charge on any atom is 0.149 e. The molecule has 0 amide bonds. The van der Waals surface area contributed by atoms with E-state index in [1.165, 1.54) is 6.26 Å². The fraction of sp³-hybridized carbons (Fsp3) is 0.583. The second-order valence-corrected chi connectivity index (χ2v) is 7.10. The van der Waals surface area contributed by atoms with Crippen LogP contribution in [0.5, 0.6) is 0 Å². The van der Waals surface area contributed by atoms with Crippen LogP contribution in [-0.2, 0) is 16.4 Å². The van der Waals surface area contributed by atoms with E-state index in [1.54, 1.807) is 12.1 Å². The van der Waals surface area contributed by atoms with Crippen LogP contribution in [0.15, 0.2) is 12.1 Å². The summed E-state index contributed by atoms with van der Waals surface area (Å²) in [5.74, 6) is 0.831. The zero-order valence-corrected chi connectivity index (χ0v) is 13.1. The SMILES string of the molecule is CCNCc1nc(N(C)CCS(C)(=O)=O)ccc1Cl. The lowest BCUT2D eigenvalue weighted by Gasteiger charge is -2.18. The van der Waals surface area contributed by atoms with Gasteiger partial charge in [-0.05, 0) is 18.7 Å². The average molecular weight is 306 g/mol. The quantitative estimate of drug-likeness (QED) is 0.823. The minimum absolute atomic E-state index is 0.107. The number of aromatic nitrogens is 1. The number of halogens is 1. The van der Waals surface area contributed by atoms with Crippen molar-refractivity contribution in [2.24, 2.45) is 0 Å². The molecule has 108 valence electrons. The number of rotatable bonds is 7. The molecule has 1 aromatic heterocycles. The van der Waals surface area contributed by atoms with Crippen molar-refractivity contribution in [3.05, 3.63) is 22.8 Å². The van der Waals surface area contributed by atoms with Crippen LogP contribution in [0.2, 0.25) is 5.02 Å². The van der Waals surface area contributed by atoms with Gasteiger partial charge in [-0.1, -0.05) is 18.5 Å². The van der Waals surface area contributed by atoms with Crippen LogP contribution in [0.1, 0.15) is 12.6 Å². The smallest absolute Gasteiger partial charge is 0.149 e. The maximum atomic E-state index is 11.2. The van der Waals surface area contributed by atoms with Crippen LogP contribution in [0, 0.1) is 0 Å². The van der Waals surface area contributed by atoms with Gasteiger partial charge in [-0.3, -0.25) is 0 Å². The Morgan fingerprint density at radius 3 is 2.68 bits per heavy atom. The van der Waals surface area contributed by atoms with Gasteiger partial charge in [-0.25, -0.2) is 13.4 Å². The molecule has 0 atom stereocenters. The van der Waals surface area contributed by atoms with Crippen LogP contribution in [0.25, 0.3) is 0 Å². The lowest BCUT2D eigenvalue weighted by atomic mass is 10.3. The van der Waals surface area contributed by atoms with Crippen molar-refractivity contribution in [2.45, 2.75) is 13.5 Å². The largest absolute Gasteiger partial charge is 0.359 e. The minimum atomic E-state index is -2.97. The summed E-state index contributed by atoms with van der Waals surface area (Å²) in [5, 5.41) is 3.78. The average Bonchev–Trinajstić information content (AvgIpc) is 2.34. The first kappa shape index (κ1) is 16.2. The minimum Gasteiger partial charge on any atom is -0.359 e. The molecule has 19 heavy (non-hydrogen) atoms. The molecule has 1 N–H and O–H groups in total. The first-order chi connectivity index (χ1) is 8.83. The van der Waals surface area contributed by atoms with Crippen LogP contribution in [-0.4, -0.2) is 45.5 Å². The van der Waals surface area contributed by atoms with Crippen molar-refractivity contribution in [3.63, 3.8) is 0 Å². The Morgan fingerprint density at radius 2 is 2.11 bits per heavy atom. The van der Waals surface area contributed by atoms with Gasteiger partial charge in [0, 0.05) is 26.4 Å². The summed E-state index contributed by atoms with van der Waals surface area (Å²) in [6, 6.07) is 3.58. The lowest BCUT2D eigenvalue weighted by molar-refractivity contribution is 0.601. The van der Waals surface area contributed by atoms with Crippen LogP contribution < -0.4 is 10.2 Å². The van der Waals surface area contributed by atoms with E-state index in [4.69, 9.17) is 11.6 Å². The molecule has 7 heteroatoms. The van der Waals surface area contributed by atoms with E-state index in [0.29, 0.717) is 18.1 Å². The van der Waals surface area contributed by atoms with Crippen molar-refractivity contribution >= 4 is 27.3 Å². The van der Waals surface area contributed by atoms with Gasteiger partial charge in [0.2, 0.25) is 0 Å². The molecular weight excluding hydrogens is 286 g/mol. The fourth-order valence-corrected chi connectivity index (χ4v) is 2.25. The van der Waals surface area contributed by atoms with E-state index in [2.05, 4.69) is 10.3 Å². The van der Waals surface area contributed by atoms with Crippen LogP contribution in [0.4, 0.5) is 5.82 Å². The molecule has 0 saturated heterocycles. The summed E-state index contributed by atoms with van der Waals surface area (Å²) in [4.78, 5) is 6.26. The van der Waals surface area contributed by atoms with Crippen LogP contribution in [0.3, 0.4) is 0 Å². The van der Waals surface area contributed by atoms with Crippen LogP contribution >= 0.6 is 11.6 Å². The number of hydrogen-bond acceptors (Lipinski definition) is 5. The van der Waals surface area contributed by atoms with Gasteiger partial charge in [-0.2, -0.15) is 0 Å². The van der Waals surface area contributed by atoms with Gasteiger partial charge < -0.3 is 10.2 Å². The number of anilines is 1. The van der Waals surface area contributed by atoms with E-state index in [1.807, 2.05) is 18.9 Å². The molecule has 0 spiro atoms. The molecule has 1 heterocycles. The van der Waals surface area contributed by atoms with Gasteiger partial charge in [0.1, 0.15) is 15.7 Å². The fourth-order valence-electron chi connectivity index (χ4n) is 1.47. The van der Waals surface area contributed by atoms with Gasteiger partial charge >= 0.3 is 0 Å². The van der Waals surface area contributed by atoms with Gasteiger partial charge in [-0.15, -0.1) is 0 Å². The Morgan fingerprint density at radius 1 is 1.42 bits per heavy atom. The first-order valence-electron chi connectivity index (χ1n) is 6.08. The molecular formula is C12H20ClN3O2S. The molecule has 0 aliphatic rings. The predicted octanol–water partition coefficient (Wildman–Crippen LogP) is 1.33. The lowest BCUT2D eigenvalue weighted by Crippen LogP contribution is -2.26. The number of nitrogens with one attached hydrogen (secondary N) is 1. The number of pyridine rings is 1. The van der Waals surface area contributed by atoms with Gasteiger partial charge in [0.25, 0.3) is 0 Å². The third-order valence-electron chi connectivity index (χ3n) is 2.63. The Bertz CT molecular complexity index is 520. The highest BCUT2D eigenvalue weighted by Gasteiger charge is 2.10. The normalized spacial score (nSPS) is 11.6. The number of sulfone groups is 1. The summed E-state index contributed by atoms with van der Waals surface area (Å²) in [6.45, 7) is 3.86. The topological polar surface area (TPSA) is 62.3 Å². The molecule has 0 fully saturated rings. The zero-order chi connectivity index (χ0) is 14.5. The third-order valence-corrected chi connectivity index (χ3v) is 3.90. The van der Waals surface area contributed by atoms with Crippen molar-refractivity contribution in [1.29, 1.82) is 0 Å². The Balaban J connectivity index is 2.77. The van der Waals surface area contributed by atoms with E-state index in [9.17, 15) is 8.42 Å². The highest BCUT2D eigenvalue weighted by Crippen LogP contribution is 2.18. The summed E-state index contributed by atoms with van der Waals surface area (Å²) in [5.41, 5.74) is 0.771. The molecule has 0 unspecified atom stereocenters. The second kappa shape index (κ2) is 7.07. The third kappa shape index (κ3) is 5.76. The molecule has 0 aromatic carbocycles. The van der Waals surface area contributed by atoms with E-state index in [0.717, 1.165) is 18.1 Å². The Hall–Kier alpha value is -0.850. The number of nitrogens with zero attached hydrogens (tertiary/aromatic N) is 2. The van der Waals surface area contributed by atoms with E-state index < -0.39 is 9.84 Å². The molecule has 1 aromatic rings. The van der Waals surface area contributed by atoms with E-state index >= 15 is 0 Å². The molecule has 0 aliphatic heterocycles. The van der Waals surface area contributed by atoms with E-state index in [-0.39, 0.29) is 5.75 Å². The number of hydrogen-bond donors (Lipinski definition) is 1. The summed E-state index contributed by atoms with van der Waals surface area (Å²) < 4.78 is 22.3. The Kier molecular flexibility index (Phi) is 6.03. The molecule has 0 saturated carbocycles. The van der Waals surface area contributed by atoms with Crippen molar-refractivity contribution < 1.29 is 8.42 Å². The summed E-state index contributed by atoms with van der Waals surface area (Å²) in [7, 11) is -1.15. The zero-order valence-electron chi connectivity index (χ0n) is 11.5. The summed E-state index contributed by atoms with van der Waals surface area (Å²) >= 11 is 6.07.